The second-order valence-electron chi connectivity index (χ2n) is 3.78. The number of aliphatic hydroxyl groups excluding tert-OH is 1. The highest BCUT2D eigenvalue weighted by atomic mass is 16.2. The average molecular weight is 172 g/mol. The van der Waals surface area contributed by atoms with Crippen LogP contribution in [0, 0.1) is 11.8 Å². The van der Waals surface area contributed by atoms with Crippen LogP contribution in [0.3, 0.4) is 0 Å². The molecular formula is C11H24O. The first kappa shape index (κ1) is 12.0. The monoisotopic (exact) mass is 172 g/mol. The fourth-order valence-electron chi connectivity index (χ4n) is 2.04. The first-order valence-electron chi connectivity index (χ1n) is 5.29. The standard InChI is InChI=1S/C10H20.CH4O/c1-3-9(2)10-7-5-4-6-8-10;1-2/h9-10H,3-8H2,1-2H3;2H,1H3. The summed E-state index contributed by atoms with van der Waals surface area (Å²) >= 11 is 0. The SMILES string of the molecule is CCC(C)C1CCCCC1.CO. The van der Waals surface area contributed by atoms with Crippen LogP contribution in [0.5, 0.6) is 0 Å². The Hall–Kier alpha value is -0.0400. The predicted octanol–water partition coefficient (Wildman–Crippen LogP) is 3.22. The molecule has 0 aliphatic heterocycles. The Bertz CT molecular complexity index is 85.0. The van der Waals surface area contributed by atoms with E-state index in [1.165, 1.54) is 38.5 Å². The Morgan fingerprint density at radius 3 is 2.08 bits per heavy atom. The molecule has 1 aliphatic rings. The lowest BCUT2D eigenvalue weighted by molar-refractivity contribution is 0.258. The predicted molar refractivity (Wildman–Crippen MR) is 54.2 cm³/mol. The molecule has 1 rings (SSSR count). The van der Waals surface area contributed by atoms with E-state index in [0.29, 0.717) is 0 Å². The highest BCUT2D eigenvalue weighted by Gasteiger charge is 2.17. The second kappa shape index (κ2) is 7.60. The molecule has 1 atom stereocenters. The van der Waals surface area contributed by atoms with Crippen LogP contribution in [0.15, 0.2) is 0 Å². The molecule has 0 radical (unpaired) electrons. The van der Waals surface area contributed by atoms with E-state index in [4.69, 9.17) is 5.11 Å². The molecule has 1 unspecified atom stereocenters. The summed E-state index contributed by atoms with van der Waals surface area (Å²) in [7, 11) is 1.00. The van der Waals surface area contributed by atoms with Gasteiger partial charge < -0.3 is 5.11 Å². The van der Waals surface area contributed by atoms with E-state index in [9.17, 15) is 0 Å². The lowest BCUT2D eigenvalue weighted by Crippen LogP contribution is -2.14. The minimum absolute atomic E-state index is 0.986. The van der Waals surface area contributed by atoms with Crippen molar-refractivity contribution in [2.75, 3.05) is 7.11 Å². The van der Waals surface area contributed by atoms with Gasteiger partial charge in [-0.1, -0.05) is 52.4 Å². The average Bonchev–Trinajstić information content (AvgIpc) is 2.21. The summed E-state index contributed by atoms with van der Waals surface area (Å²) in [5.74, 6) is 2.05. The van der Waals surface area contributed by atoms with Crippen LogP contribution < -0.4 is 0 Å². The summed E-state index contributed by atoms with van der Waals surface area (Å²) in [6.45, 7) is 4.73. The van der Waals surface area contributed by atoms with E-state index >= 15 is 0 Å². The second-order valence-corrected chi connectivity index (χ2v) is 3.78. The molecule has 74 valence electrons. The molecule has 1 aliphatic carbocycles. The van der Waals surface area contributed by atoms with Crippen LogP contribution in [0.1, 0.15) is 52.4 Å². The van der Waals surface area contributed by atoms with Crippen LogP contribution in [0.2, 0.25) is 0 Å². The lowest BCUT2D eigenvalue weighted by Gasteiger charge is -2.26. The Morgan fingerprint density at radius 1 is 1.17 bits per heavy atom. The number of aliphatic hydroxyl groups is 1. The molecule has 0 heterocycles. The summed E-state index contributed by atoms with van der Waals surface area (Å²) in [5, 5.41) is 7.00. The van der Waals surface area contributed by atoms with E-state index < -0.39 is 0 Å². The van der Waals surface area contributed by atoms with Gasteiger partial charge in [0.05, 0.1) is 0 Å². The van der Waals surface area contributed by atoms with Crippen LogP contribution in [0.25, 0.3) is 0 Å². The van der Waals surface area contributed by atoms with Gasteiger partial charge in [0, 0.05) is 7.11 Å². The third-order valence-electron chi connectivity index (χ3n) is 3.10. The zero-order valence-electron chi connectivity index (χ0n) is 8.84. The highest BCUT2D eigenvalue weighted by Crippen LogP contribution is 2.30. The van der Waals surface area contributed by atoms with Crippen LogP contribution in [0.4, 0.5) is 0 Å². The van der Waals surface area contributed by atoms with Gasteiger partial charge in [-0.15, -0.1) is 0 Å². The van der Waals surface area contributed by atoms with Crippen molar-refractivity contribution in [2.45, 2.75) is 52.4 Å². The molecule has 0 aromatic carbocycles. The van der Waals surface area contributed by atoms with Gasteiger partial charge in [-0.05, 0) is 11.8 Å². The molecular weight excluding hydrogens is 148 g/mol. The van der Waals surface area contributed by atoms with Crippen LogP contribution >= 0.6 is 0 Å². The number of rotatable bonds is 2. The topological polar surface area (TPSA) is 20.2 Å². The third kappa shape index (κ3) is 4.10. The summed E-state index contributed by atoms with van der Waals surface area (Å²) in [6.07, 6.45) is 8.88. The number of hydrogen-bond acceptors (Lipinski definition) is 1. The van der Waals surface area contributed by atoms with Crippen molar-refractivity contribution in [1.82, 2.24) is 0 Å². The van der Waals surface area contributed by atoms with Crippen molar-refractivity contribution in [3.05, 3.63) is 0 Å². The fraction of sp³-hybridized carbons (Fsp3) is 1.00. The summed E-state index contributed by atoms with van der Waals surface area (Å²) in [6, 6.07) is 0. The molecule has 12 heavy (non-hydrogen) atoms. The zero-order chi connectivity index (χ0) is 9.40. The lowest BCUT2D eigenvalue weighted by atomic mass is 9.80. The maximum absolute atomic E-state index is 7.00. The highest BCUT2D eigenvalue weighted by molar-refractivity contribution is 4.69. The summed E-state index contributed by atoms with van der Waals surface area (Å²) in [4.78, 5) is 0. The van der Waals surface area contributed by atoms with Crippen molar-refractivity contribution in [2.24, 2.45) is 11.8 Å². The van der Waals surface area contributed by atoms with Crippen molar-refractivity contribution in [3.63, 3.8) is 0 Å². The molecule has 1 fully saturated rings. The molecule has 0 saturated heterocycles. The minimum atomic E-state index is 0.986. The van der Waals surface area contributed by atoms with Gasteiger partial charge in [-0.25, -0.2) is 0 Å². The molecule has 1 heteroatoms. The molecule has 0 aromatic rings. The van der Waals surface area contributed by atoms with Crippen molar-refractivity contribution >= 4 is 0 Å². The minimum Gasteiger partial charge on any atom is -0.400 e. The van der Waals surface area contributed by atoms with E-state index in [1.807, 2.05) is 0 Å². The first-order chi connectivity index (χ1) is 5.84. The number of hydrogen-bond donors (Lipinski definition) is 1. The van der Waals surface area contributed by atoms with Gasteiger partial charge in [0.15, 0.2) is 0 Å². The van der Waals surface area contributed by atoms with Crippen molar-refractivity contribution in [1.29, 1.82) is 0 Å². The molecule has 1 nitrogen and oxygen atoms in total. The van der Waals surface area contributed by atoms with Crippen molar-refractivity contribution in [3.8, 4) is 0 Å². The third-order valence-corrected chi connectivity index (χ3v) is 3.10. The Labute approximate surface area is 77.2 Å². The Morgan fingerprint density at radius 2 is 1.67 bits per heavy atom. The largest absolute Gasteiger partial charge is 0.400 e. The van der Waals surface area contributed by atoms with Crippen LogP contribution in [-0.2, 0) is 0 Å². The maximum Gasteiger partial charge on any atom is 0.0319 e. The molecule has 0 spiro atoms. The van der Waals surface area contributed by atoms with Crippen LogP contribution in [-0.4, -0.2) is 12.2 Å². The van der Waals surface area contributed by atoms with Gasteiger partial charge in [0.25, 0.3) is 0 Å². The zero-order valence-corrected chi connectivity index (χ0v) is 8.84. The smallest absolute Gasteiger partial charge is 0.0319 e. The van der Waals surface area contributed by atoms with Crippen molar-refractivity contribution < 1.29 is 5.11 Å². The van der Waals surface area contributed by atoms with Gasteiger partial charge in [0.2, 0.25) is 0 Å². The molecule has 0 aromatic heterocycles. The molecule has 0 bridgehead atoms. The maximum atomic E-state index is 7.00. The van der Waals surface area contributed by atoms with Gasteiger partial charge in [-0.2, -0.15) is 0 Å². The fourth-order valence-corrected chi connectivity index (χ4v) is 2.04. The summed E-state index contributed by atoms with van der Waals surface area (Å²) in [5.41, 5.74) is 0. The molecule has 1 N–H and O–H groups in total. The van der Waals surface area contributed by atoms with Gasteiger partial charge in [0.1, 0.15) is 0 Å². The molecule has 0 amide bonds. The normalized spacial score (nSPS) is 21.0. The molecule has 1 saturated carbocycles. The first-order valence-corrected chi connectivity index (χ1v) is 5.29. The van der Waals surface area contributed by atoms with E-state index in [2.05, 4.69) is 13.8 Å². The Balaban J connectivity index is 0.000000561. The van der Waals surface area contributed by atoms with E-state index in [0.717, 1.165) is 18.9 Å². The van der Waals surface area contributed by atoms with E-state index in [-0.39, 0.29) is 0 Å². The quantitative estimate of drug-likeness (QED) is 0.678. The van der Waals surface area contributed by atoms with Gasteiger partial charge >= 0.3 is 0 Å². The van der Waals surface area contributed by atoms with Gasteiger partial charge in [-0.3, -0.25) is 0 Å². The summed E-state index contributed by atoms with van der Waals surface area (Å²) < 4.78 is 0. The Kier molecular flexibility index (Phi) is 7.58. The van der Waals surface area contributed by atoms with E-state index in [1.54, 1.807) is 0 Å².